The van der Waals surface area contributed by atoms with Crippen LogP contribution >= 0.6 is 0 Å². The molecular formula is C10H16N4O. The average Bonchev–Trinajstić information content (AvgIpc) is 2.83. The van der Waals surface area contributed by atoms with E-state index < -0.39 is 0 Å². The number of hydrogen-bond acceptors (Lipinski definition) is 3. The predicted molar refractivity (Wildman–Crippen MR) is 58.3 cm³/mol. The Morgan fingerprint density at radius 3 is 2.73 bits per heavy atom. The molecule has 1 aliphatic carbocycles. The SMILES string of the molecule is Cc1[nH]nc(NC(=O)C2CCCC2)c1N. The zero-order chi connectivity index (χ0) is 10.8. The van der Waals surface area contributed by atoms with Crippen LogP contribution < -0.4 is 11.1 Å². The van der Waals surface area contributed by atoms with Crippen LogP contribution in [-0.4, -0.2) is 16.1 Å². The van der Waals surface area contributed by atoms with Crippen molar-refractivity contribution in [3.8, 4) is 0 Å². The first-order valence-corrected chi connectivity index (χ1v) is 5.30. The van der Waals surface area contributed by atoms with E-state index in [0.717, 1.165) is 31.4 Å². The number of aromatic amines is 1. The van der Waals surface area contributed by atoms with Gasteiger partial charge in [0.05, 0.1) is 11.4 Å². The summed E-state index contributed by atoms with van der Waals surface area (Å²) in [6.45, 7) is 1.83. The molecule has 5 nitrogen and oxygen atoms in total. The third kappa shape index (κ3) is 1.95. The van der Waals surface area contributed by atoms with Crippen molar-refractivity contribution in [3.63, 3.8) is 0 Å². The van der Waals surface area contributed by atoms with Gasteiger partial charge in [-0.1, -0.05) is 12.8 Å². The smallest absolute Gasteiger partial charge is 0.228 e. The standard InChI is InChI=1S/C10H16N4O/c1-6-8(11)9(14-13-6)12-10(15)7-4-2-3-5-7/h7H,2-5,11H2,1H3,(H2,12,13,14,15). The van der Waals surface area contributed by atoms with Crippen molar-refractivity contribution in [2.75, 3.05) is 11.1 Å². The van der Waals surface area contributed by atoms with E-state index in [0.29, 0.717) is 11.5 Å². The molecule has 82 valence electrons. The fourth-order valence-corrected chi connectivity index (χ4v) is 1.94. The lowest BCUT2D eigenvalue weighted by Crippen LogP contribution is -2.21. The minimum Gasteiger partial charge on any atom is -0.394 e. The van der Waals surface area contributed by atoms with Crippen LogP contribution in [0.4, 0.5) is 11.5 Å². The first-order valence-electron chi connectivity index (χ1n) is 5.30. The summed E-state index contributed by atoms with van der Waals surface area (Å²) in [6.07, 6.45) is 4.25. The van der Waals surface area contributed by atoms with Crippen LogP contribution in [0.1, 0.15) is 31.4 Å². The lowest BCUT2D eigenvalue weighted by atomic mass is 10.1. The maximum atomic E-state index is 11.8. The fraction of sp³-hybridized carbons (Fsp3) is 0.600. The molecule has 0 radical (unpaired) electrons. The first-order chi connectivity index (χ1) is 7.18. The second kappa shape index (κ2) is 3.92. The van der Waals surface area contributed by atoms with Gasteiger partial charge in [-0.15, -0.1) is 0 Å². The zero-order valence-electron chi connectivity index (χ0n) is 8.84. The van der Waals surface area contributed by atoms with E-state index in [1.165, 1.54) is 0 Å². The van der Waals surface area contributed by atoms with Crippen molar-refractivity contribution in [2.24, 2.45) is 5.92 Å². The van der Waals surface area contributed by atoms with Gasteiger partial charge in [0.15, 0.2) is 5.82 Å². The average molecular weight is 208 g/mol. The third-order valence-corrected chi connectivity index (χ3v) is 2.96. The van der Waals surface area contributed by atoms with E-state index in [1.54, 1.807) is 0 Å². The number of anilines is 2. The van der Waals surface area contributed by atoms with Gasteiger partial charge in [0.1, 0.15) is 0 Å². The molecule has 4 N–H and O–H groups in total. The molecular weight excluding hydrogens is 192 g/mol. The summed E-state index contributed by atoms with van der Waals surface area (Å²) in [4.78, 5) is 11.8. The van der Waals surface area contributed by atoms with Crippen LogP contribution in [0.5, 0.6) is 0 Å². The number of nitrogens with zero attached hydrogens (tertiary/aromatic N) is 1. The molecule has 0 aliphatic heterocycles. The molecule has 0 atom stereocenters. The molecule has 0 unspecified atom stereocenters. The van der Waals surface area contributed by atoms with Gasteiger partial charge < -0.3 is 11.1 Å². The molecule has 1 aromatic rings. The molecule has 1 aliphatic rings. The molecule has 0 bridgehead atoms. The Labute approximate surface area is 88.4 Å². The minimum absolute atomic E-state index is 0.0469. The highest BCUT2D eigenvalue weighted by atomic mass is 16.2. The van der Waals surface area contributed by atoms with E-state index in [-0.39, 0.29) is 11.8 Å². The highest BCUT2D eigenvalue weighted by Gasteiger charge is 2.23. The van der Waals surface area contributed by atoms with Crippen LogP contribution in [0.15, 0.2) is 0 Å². The van der Waals surface area contributed by atoms with Gasteiger partial charge in [-0.25, -0.2) is 0 Å². The molecule has 0 aromatic carbocycles. The van der Waals surface area contributed by atoms with Gasteiger partial charge >= 0.3 is 0 Å². The van der Waals surface area contributed by atoms with E-state index in [4.69, 9.17) is 5.73 Å². The second-order valence-corrected chi connectivity index (χ2v) is 4.08. The minimum atomic E-state index is 0.0469. The van der Waals surface area contributed by atoms with Crippen LogP contribution in [0, 0.1) is 12.8 Å². The van der Waals surface area contributed by atoms with Gasteiger partial charge in [0, 0.05) is 5.92 Å². The molecule has 1 heterocycles. The van der Waals surface area contributed by atoms with Crippen molar-refractivity contribution in [1.82, 2.24) is 10.2 Å². The summed E-state index contributed by atoms with van der Waals surface area (Å²) in [5.41, 5.74) is 7.06. The van der Waals surface area contributed by atoms with Crippen LogP contribution in [0.2, 0.25) is 0 Å². The van der Waals surface area contributed by atoms with Crippen LogP contribution in [0.3, 0.4) is 0 Å². The summed E-state index contributed by atoms with van der Waals surface area (Å²) in [5, 5.41) is 9.45. The van der Waals surface area contributed by atoms with E-state index >= 15 is 0 Å². The lowest BCUT2D eigenvalue weighted by molar-refractivity contribution is -0.119. The van der Waals surface area contributed by atoms with Crippen LogP contribution in [-0.2, 0) is 4.79 Å². The third-order valence-electron chi connectivity index (χ3n) is 2.96. The van der Waals surface area contributed by atoms with Gasteiger partial charge in [0.25, 0.3) is 0 Å². The highest BCUT2D eigenvalue weighted by Crippen LogP contribution is 2.27. The van der Waals surface area contributed by atoms with Crippen LogP contribution in [0.25, 0.3) is 0 Å². The molecule has 0 spiro atoms. The number of aryl methyl sites for hydroxylation is 1. The van der Waals surface area contributed by atoms with Gasteiger partial charge in [-0.3, -0.25) is 9.89 Å². The maximum absolute atomic E-state index is 11.8. The van der Waals surface area contributed by atoms with Crippen molar-refractivity contribution >= 4 is 17.4 Å². The Bertz CT molecular complexity index is 365. The zero-order valence-corrected chi connectivity index (χ0v) is 8.84. The Hall–Kier alpha value is -1.52. The summed E-state index contributed by atoms with van der Waals surface area (Å²) in [7, 11) is 0. The molecule has 2 rings (SSSR count). The fourth-order valence-electron chi connectivity index (χ4n) is 1.94. The van der Waals surface area contributed by atoms with E-state index in [1.807, 2.05) is 6.92 Å². The molecule has 1 amide bonds. The Morgan fingerprint density at radius 2 is 2.20 bits per heavy atom. The molecule has 1 saturated carbocycles. The second-order valence-electron chi connectivity index (χ2n) is 4.08. The van der Waals surface area contributed by atoms with Gasteiger partial charge in [-0.05, 0) is 19.8 Å². The normalized spacial score (nSPS) is 16.9. The number of carbonyl (C=O) groups excluding carboxylic acids is 1. The van der Waals surface area contributed by atoms with E-state index in [2.05, 4.69) is 15.5 Å². The Kier molecular flexibility index (Phi) is 2.62. The quantitative estimate of drug-likeness (QED) is 0.687. The summed E-state index contributed by atoms with van der Waals surface area (Å²) in [5.74, 6) is 0.650. The maximum Gasteiger partial charge on any atom is 0.228 e. The molecule has 1 aromatic heterocycles. The van der Waals surface area contributed by atoms with Crippen molar-refractivity contribution < 1.29 is 4.79 Å². The van der Waals surface area contributed by atoms with Gasteiger partial charge in [0.2, 0.25) is 5.91 Å². The number of hydrogen-bond donors (Lipinski definition) is 3. The number of aromatic nitrogens is 2. The number of nitrogens with one attached hydrogen (secondary N) is 2. The molecule has 0 saturated heterocycles. The predicted octanol–water partition coefficient (Wildman–Crippen LogP) is 1.43. The lowest BCUT2D eigenvalue weighted by Gasteiger charge is -2.08. The number of amides is 1. The number of nitrogens with two attached hydrogens (primary N) is 1. The van der Waals surface area contributed by atoms with Crippen molar-refractivity contribution in [2.45, 2.75) is 32.6 Å². The van der Waals surface area contributed by atoms with Gasteiger partial charge in [-0.2, -0.15) is 5.10 Å². The Morgan fingerprint density at radius 1 is 1.53 bits per heavy atom. The van der Waals surface area contributed by atoms with Crippen molar-refractivity contribution in [3.05, 3.63) is 5.69 Å². The topological polar surface area (TPSA) is 83.8 Å². The highest BCUT2D eigenvalue weighted by molar-refractivity contribution is 5.94. The number of carbonyl (C=O) groups is 1. The Balaban J connectivity index is 2.02. The van der Waals surface area contributed by atoms with Crippen molar-refractivity contribution in [1.29, 1.82) is 0 Å². The monoisotopic (exact) mass is 208 g/mol. The molecule has 1 fully saturated rings. The largest absolute Gasteiger partial charge is 0.394 e. The number of nitrogen functional groups attached to an aromatic ring is 1. The molecule has 5 heteroatoms. The van der Waals surface area contributed by atoms with E-state index in [9.17, 15) is 4.79 Å². The summed E-state index contributed by atoms with van der Waals surface area (Å²) < 4.78 is 0. The summed E-state index contributed by atoms with van der Waals surface area (Å²) in [6, 6.07) is 0. The molecule has 15 heavy (non-hydrogen) atoms. The summed E-state index contributed by atoms with van der Waals surface area (Å²) >= 11 is 0. The first kappa shape index (κ1) is 10.0. The number of H-pyrrole nitrogens is 1. The number of rotatable bonds is 2.